The van der Waals surface area contributed by atoms with Crippen molar-refractivity contribution in [2.24, 2.45) is 0 Å². The number of amides is 1. The van der Waals surface area contributed by atoms with Gasteiger partial charge in [-0.2, -0.15) is 5.26 Å². The first kappa shape index (κ1) is 13.6. The van der Waals surface area contributed by atoms with Crippen molar-refractivity contribution in [3.05, 3.63) is 23.4 Å². The average Bonchev–Trinajstić information content (AvgIpc) is 2.37. The standard InChI is InChI=1S/C12H13N3O3/c1-8-5-9(6-13)12(14-7-8)15-10(16)3-4-11(17)18-2/h5,7H,3-4H2,1-2H3,(H,14,15,16). The van der Waals surface area contributed by atoms with Gasteiger partial charge in [0.15, 0.2) is 0 Å². The van der Waals surface area contributed by atoms with Gasteiger partial charge in [0.05, 0.1) is 19.1 Å². The van der Waals surface area contributed by atoms with Crippen LogP contribution in [0.15, 0.2) is 12.3 Å². The number of esters is 1. The van der Waals surface area contributed by atoms with Crippen molar-refractivity contribution >= 4 is 17.7 Å². The van der Waals surface area contributed by atoms with Gasteiger partial charge < -0.3 is 10.1 Å². The molecule has 0 saturated carbocycles. The minimum Gasteiger partial charge on any atom is -0.469 e. The number of nitrogens with zero attached hydrogens (tertiary/aromatic N) is 2. The highest BCUT2D eigenvalue weighted by Gasteiger charge is 2.10. The highest BCUT2D eigenvalue weighted by atomic mass is 16.5. The summed E-state index contributed by atoms with van der Waals surface area (Å²) in [6, 6.07) is 3.58. The molecule has 0 saturated heterocycles. The molecule has 0 atom stereocenters. The van der Waals surface area contributed by atoms with E-state index < -0.39 is 5.97 Å². The highest BCUT2D eigenvalue weighted by molar-refractivity contribution is 5.92. The Morgan fingerprint density at radius 2 is 2.22 bits per heavy atom. The molecule has 1 amide bonds. The molecule has 0 bridgehead atoms. The molecule has 1 N–H and O–H groups in total. The topological polar surface area (TPSA) is 92.1 Å². The molecule has 0 aliphatic carbocycles. The normalized spacial score (nSPS) is 9.39. The van der Waals surface area contributed by atoms with E-state index in [-0.39, 0.29) is 24.6 Å². The largest absolute Gasteiger partial charge is 0.469 e. The van der Waals surface area contributed by atoms with Crippen molar-refractivity contribution < 1.29 is 14.3 Å². The number of nitriles is 1. The molecule has 0 aliphatic heterocycles. The Morgan fingerprint density at radius 3 is 2.83 bits per heavy atom. The van der Waals surface area contributed by atoms with Gasteiger partial charge >= 0.3 is 5.97 Å². The first-order chi connectivity index (χ1) is 8.56. The average molecular weight is 247 g/mol. The Balaban J connectivity index is 2.65. The third-order valence-corrected chi connectivity index (χ3v) is 2.19. The van der Waals surface area contributed by atoms with Gasteiger partial charge in [-0.15, -0.1) is 0 Å². The van der Waals surface area contributed by atoms with Crippen LogP contribution >= 0.6 is 0 Å². The fourth-order valence-electron chi connectivity index (χ4n) is 1.27. The molecule has 0 fully saturated rings. The summed E-state index contributed by atoms with van der Waals surface area (Å²) in [5.41, 5.74) is 1.13. The van der Waals surface area contributed by atoms with Crippen LogP contribution in [0.2, 0.25) is 0 Å². The summed E-state index contributed by atoms with van der Waals surface area (Å²) in [5, 5.41) is 11.4. The Kier molecular flexibility index (Phi) is 4.81. The molecule has 1 aromatic rings. The first-order valence-electron chi connectivity index (χ1n) is 5.30. The Hall–Kier alpha value is -2.42. The number of hydrogen-bond donors (Lipinski definition) is 1. The fraction of sp³-hybridized carbons (Fsp3) is 0.333. The van der Waals surface area contributed by atoms with Crippen LogP contribution in [0.4, 0.5) is 5.82 Å². The smallest absolute Gasteiger partial charge is 0.306 e. The first-order valence-corrected chi connectivity index (χ1v) is 5.30. The monoisotopic (exact) mass is 247 g/mol. The Bertz CT molecular complexity index is 506. The van der Waals surface area contributed by atoms with Gasteiger partial charge in [0.1, 0.15) is 11.9 Å². The van der Waals surface area contributed by atoms with Crippen LogP contribution in [0.5, 0.6) is 0 Å². The lowest BCUT2D eigenvalue weighted by atomic mass is 10.2. The molecule has 0 unspecified atom stereocenters. The lowest BCUT2D eigenvalue weighted by Crippen LogP contribution is -2.15. The summed E-state index contributed by atoms with van der Waals surface area (Å²) < 4.78 is 4.42. The van der Waals surface area contributed by atoms with Gasteiger partial charge in [0.25, 0.3) is 0 Å². The number of rotatable bonds is 4. The summed E-state index contributed by atoms with van der Waals surface area (Å²) in [5.74, 6) is -0.631. The molecule has 1 rings (SSSR count). The summed E-state index contributed by atoms with van der Waals surface area (Å²) in [4.78, 5) is 26.3. The maximum atomic E-state index is 11.5. The maximum absolute atomic E-state index is 11.5. The molecule has 6 heteroatoms. The third kappa shape index (κ3) is 3.87. The predicted molar refractivity (Wildman–Crippen MR) is 63.6 cm³/mol. The molecular weight excluding hydrogens is 234 g/mol. The number of carbonyl (C=O) groups excluding carboxylic acids is 2. The molecular formula is C12H13N3O3. The molecule has 1 heterocycles. The summed E-state index contributed by atoms with van der Waals surface area (Å²) in [6.07, 6.45) is 1.54. The van der Waals surface area contributed by atoms with E-state index in [0.717, 1.165) is 5.56 Å². The summed E-state index contributed by atoms with van der Waals surface area (Å²) in [6.45, 7) is 1.80. The van der Waals surface area contributed by atoms with Crippen molar-refractivity contribution in [3.63, 3.8) is 0 Å². The van der Waals surface area contributed by atoms with Crippen LogP contribution in [0, 0.1) is 18.3 Å². The second-order valence-corrected chi connectivity index (χ2v) is 3.64. The van der Waals surface area contributed by atoms with Crippen molar-refractivity contribution in [3.8, 4) is 6.07 Å². The maximum Gasteiger partial charge on any atom is 0.306 e. The van der Waals surface area contributed by atoms with Gasteiger partial charge in [-0.05, 0) is 18.6 Å². The van der Waals surface area contributed by atoms with E-state index in [9.17, 15) is 9.59 Å². The molecule has 0 radical (unpaired) electrons. The van der Waals surface area contributed by atoms with Crippen LogP contribution in [0.1, 0.15) is 24.0 Å². The molecule has 1 aromatic heterocycles. The quantitative estimate of drug-likeness (QED) is 0.806. The molecule has 0 spiro atoms. The Morgan fingerprint density at radius 1 is 1.50 bits per heavy atom. The van der Waals surface area contributed by atoms with Gasteiger partial charge in [0.2, 0.25) is 5.91 Å². The van der Waals surface area contributed by atoms with E-state index in [1.807, 2.05) is 6.07 Å². The van der Waals surface area contributed by atoms with E-state index in [1.54, 1.807) is 19.2 Å². The molecule has 0 aromatic carbocycles. The Labute approximate surface area is 105 Å². The zero-order valence-corrected chi connectivity index (χ0v) is 10.2. The van der Waals surface area contributed by atoms with Crippen LogP contribution in [0.25, 0.3) is 0 Å². The van der Waals surface area contributed by atoms with Gasteiger partial charge in [-0.1, -0.05) is 0 Å². The molecule has 18 heavy (non-hydrogen) atoms. The number of carbonyl (C=O) groups is 2. The summed E-state index contributed by atoms with van der Waals surface area (Å²) >= 11 is 0. The van der Waals surface area contributed by atoms with Gasteiger partial charge in [-0.25, -0.2) is 4.98 Å². The highest BCUT2D eigenvalue weighted by Crippen LogP contribution is 2.13. The van der Waals surface area contributed by atoms with Crippen molar-refractivity contribution in [1.29, 1.82) is 5.26 Å². The number of nitrogens with one attached hydrogen (secondary N) is 1. The molecule has 6 nitrogen and oxygen atoms in total. The summed E-state index contributed by atoms with van der Waals surface area (Å²) in [7, 11) is 1.26. The van der Waals surface area contributed by atoms with E-state index in [0.29, 0.717) is 5.56 Å². The predicted octanol–water partition coefficient (Wildman–Crippen LogP) is 1.15. The number of pyridine rings is 1. The lowest BCUT2D eigenvalue weighted by Gasteiger charge is -2.06. The third-order valence-electron chi connectivity index (χ3n) is 2.19. The number of anilines is 1. The minimum absolute atomic E-state index is 0.00389. The number of aryl methyl sites for hydroxylation is 1. The van der Waals surface area contributed by atoms with E-state index in [2.05, 4.69) is 15.0 Å². The van der Waals surface area contributed by atoms with Crippen molar-refractivity contribution in [2.45, 2.75) is 19.8 Å². The zero-order chi connectivity index (χ0) is 13.5. The van der Waals surface area contributed by atoms with Crippen LogP contribution in [-0.2, 0) is 14.3 Å². The van der Waals surface area contributed by atoms with E-state index >= 15 is 0 Å². The number of methoxy groups -OCH3 is 1. The van der Waals surface area contributed by atoms with E-state index in [1.165, 1.54) is 7.11 Å². The van der Waals surface area contributed by atoms with Crippen LogP contribution in [-0.4, -0.2) is 24.0 Å². The van der Waals surface area contributed by atoms with Gasteiger partial charge in [0, 0.05) is 12.6 Å². The number of hydrogen-bond acceptors (Lipinski definition) is 5. The lowest BCUT2D eigenvalue weighted by molar-refractivity contribution is -0.141. The minimum atomic E-state index is -0.456. The second kappa shape index (κ2) is 6.35. The van der Waals surface area contributed by atoms with Gasteiger partial charge in [-0.3, -0.25) is 9.59 Å². The van der Waals surface area contributed by atoms with Crippen molar-refractivity contribution in [1.82, 2.24) is 4.98 Å². The SMILES string of the molecule is COC(=O)CCC(=O)Nc1ncc(C)cc1C#N. The van der Waals surface area contributed by atoms with Crippen LogP contribution in [0.3, 0.4) is 0 Å². The van der Waals surface area contributed by atoms with E-state index in [4.69, 9.17) is 5.26 Å². The molecule has 94 valence electrons. The fourth-order valence-corrected chi connectivity index (χ4v) is 1.27. The number of ether oxygens (including phenoxy) is 1. The zero-order valence-electron chi connectivity index (χ0n) is 10.2. The van der Waals surface area contributed by atoms with Crippen molar-refractivity contribution in [2.75, 3.05) is 12.4 Å². The molecule has 0 aliphatic rings. The second-order valence-electron chi connectivity index (χ2n) is 3.64. The number of aromatic nitrogens is 1. The van der Waals surface area contributed by atoms with Crippen LogP contribution < -0.4 is 5.32 Å².